The molecule has 0 saturated carbocycles. The second kappa shape index (κ2) is 4.61. The van der Waals surface area contributed by atoms with E-state index in [2.05, 4.69) is 9.78 Å². The lowest BCUT2D eigenvalue weighted by Gasteiger charge is -2.28. The Labute approximate surface area is 106 Å². The summed E-state index contributed by atoms with van der Waals surface area (Å²) in [6, 6.07) is 5.35. The lowest BCUT2D eigenvalue weighted by atomic mass is 9.75. The first-order chi connectivity index (χ1) is 8.46. The van der Waals surface area contributed by atoms with Crippen molar-refractivity contribution in [3.63, 3.8) is 0 Å². The Morgan fingerprint density at radius 3 is 2.83 bits per heavy atom. The SMILES string of the molecule is COOC(=O)C(C)(C)[C@H]1CCc2ccc(O)cc21. The Bertz CT molecular complexity index is 465. The molecule has 0 bridgehead atoms. The predicted molar refractivity (Wildman–Crippen MR) is 66.1 cm³/mol. The van der Waals surface area contributed by atoms with Crippen LogP contribution in [0.5, 0.6) is 5.75 Å². The fourth-order valence-electron chi connectivity index (χ4n) is 2.66. The van der Waals surface area contributed by atoms with Gasteiger partial charge in [-0.2, -0.15) is 4.89 Å². The van der Waals surface area contributed by atoms with Crippen molar-refractivity contribution in [2.75, 3.05) is 7.11 Å². The van der Waals surface area contributed by atoms with Crippen LogP contribution in [0.1, 0.15) is 37.3 Å². The van der Waals surface area contributed by atoms with Gasteiger partial charge in [-0.3, -0.25) is 4.89 Å². The summed E-state index contributed by atoms with van der Waals surface area (Å²) < 4.78 is 0. The molecule has 18 heavy (non-hydrogen) atoms. The molecule has 2 rings (SSSR count). The van der Waals surface area contributed by atoms with Crippen LogP contribution in [0.4, 0.5) is 0 Å². The van der Waals surface area contributed by atoms with Gasteiger partial charge < -0.3 is 5.11 Å². The number of phenolic OH excluding ortho intramolecular Hbond substituents is 1. The average molecular weight is 250 g/mol. The first-order valence-electron chi connectivity index (χ1n) is 6.03. The number of phenols is 1. The van der Waals surface area contributed by atoms with Gasteiger partial charge in [-0.05, 0) is 49.9 Å². The van der Waals surface area contributed by atoms with Crippen molar-refractivity contribution >= 4 is 5.97 Å². The van der Waals surface area contributed by atoms with Crippen LogP contribution in [0.25, 0.3) is 0 Å². The van der Waals surface area contributed by atoms with Crippen LogP contribution in [-0.4, -0.2) is 18.2 Å². The quantitative estimate of drug-likeness (QED) is 0.661. The Kier molecular flexibility index (Phi) is 3.30. The zero-order valence-electron chi connectivity index (χ0n) is 10.9. The summed E-state index contributed by atoms with van der Waals surface area (Å²) in [6.45, 7) is 3.69. The molecule has 4 heteroatoms. The first-order valence-corrected chi connectivity index (χ1v) is 6.03. The van der Waals surface area contributed by atoms with E-state index in [4.69, 9.17) is 0 Å². The smallest absolute Gasteiger partial charge is 0.348 e. The molecule has 1 aliphatic carbocycles. The number of hydrogen-bond acceptors (Lipinski definition) is 4. The van der Waals surface area contributed by atoms with Crippen LogP contribution in [0.2, 0.25) is 0 Å². The van der Waals surface area contributed by atoms with Gasteiger partial charge in [0.25, 0.3) is 0 Å². The van der Waals surface area contributed by atoms with E-state index >= 15 is 0 Å². The third kappa shape index (κ3) is 2.08. The molecule has 98 valence electrons. The number of rotatable bonds is 3. The van der Waals surface area contributed by atoms with Crippen molar-refractivity contribution < 1.29 is 19.7 Å². The Morgan fingerprint density at radius 2 is 2.17 bits per heavy atom. The van der Waals surface area contributed by atoms with Gasteiger partial charge in [0.15, 0.2) is 0 Å². The molecule has 1 aliphatic rings. The van der Waals surface area contributed by atoms with Gasteiger partial charge >= 0.3 is 5.97 Å². The summed E-state index contributed by atoms with van der Waals surface area (Å²) in [7, 11) is 1.32. The van der Waals surface area contributed by atoms with Crippen LogP contribution in [0.15, 0.2) is 18.2 Å². The van der Waals surface area contributed by atoms with Gasteiger partial charge in [0, 0.05) is 5.92 Å². The second-order valence-electron chi connectivity index (χ2n) is 5.23. The standard InChI is InChI=1S/C14H18O4/c1-14(2,13(16)18-17-3)12-7-5-9-4-6-10(15)8-11(9)12/h4,6,8,12,15H,5,7H2,1-3H3/t12-/m0/s1. The Morgan fingerprint density at radius 1 is 1.44 bits per heavy atom. The van der Waals surface area contributed by atoms with Crippen molar-refractivity contribution in [3.8, 4) is 5.75 Å². The van der Waals surface area contributed by atoms with Crippen LogP contribution in [0.3, 0.4) is 0 Å². The minimum atomic E-state index is -0.672. The van der Waals surface area contributed by atoms with Crippen LogP contribution < -0.4 is 0 Å². The van der Waals surface area contributed by atoms with Crippen LogP contribution >= 0.6 is 0 Å². The molecule has 0 unspecified atom stereocenters. The molecule has 4 nitrogen and oxygen atoms in total. The van der Waals surface area contributed by atoms with E-state index in [1.165, 1.54) is 12.7 Å². The van der Waals surface area contributed by atoms with Crippen LogP contribution in [-0.2, 0) is 21.0 Å². The minimum absolute atomic E-state index is 0.0437. The highest BCUT2D eigenvalue weighted by molar-refractivity contribution is 5.77. The summed E-state index contributed by atoms with van der Waals surface area (Å²) in [6.07, 6.45) is 1.80. The summed E-state index contributed by atoms with van der Waals surface area (Å²) in [5.41, 5.74) is 1.55. The predicted octanol–water partition coefficient (Wildman–Crippen LogP) is 2.55. The summed E-state index contributed by atoms with van der Waals surface area (Å²) in [4.78, 5) is 21.1. The molecule has 1 atom stereocenters. The van der Waals surface area contributed by atoms with Crippen molar-refractivity contribution in [2.24, 2.45) is 5.41 Å². The lowest BCUT2D eigenvalue weighted by Crippen LogP contribution is -2.32. The normalized spacial score (nSPS) is 18.5. The van der Waals surface area contributed by atoms with E-state index in [9.17, 15) is 9.90 Å². The number of carbonyl (C=O) groups is 1. The average Bonchev–Trinajstić information content (AvgIpc) is 2.72. The van der Waals surface area contributed by atoms with E-state index in [0.29, 0.717) is 0 Å². The van der Waals surface area contributed by atoms with Gasteiger partial charge in [-0.15, -0.1) is 0 Å². The largest absolute Gasteiger partial charge is 0.508 e. The van der Waals surface area contributed by atoms with Crippen molar-refractivity contribution in [3.05, 3.63) is 29.3 Å². The van der Waals surface area contributed by atoms with Crippen LogP contribution in [0, 0.1) is 5.41 Å². The number of aromatic hydroxyl groups is 1. The third-order valence-electron chi connectivity index (χ3n) is 3.76. The molecule has 0 aliphatic heterocycles. The van der Waals surface area contributed by atoms with E-state index in [0.717, 1.165) is 18.4 Å². The molecule has 1 aromatic carbocycles. The summed E-state index contributed by atoms with van der Waals surface area (Å²) >= 11 is 0. The Hall–Kier alpha value is -1.55. The molecule has 1 N–H and O–H groups in total. The molecule has 1 aromatic rings. The van der Waals surface area contributed by atoms with Crippen molar-refractivity contribution in [2.45, 2.75) is 32.6 Å². The molecular formula is C14H18O4. The topological polar surface area (TPSA) is 55.8 Å². The number of benzene rings is 1. The number of fused-ring (bicyclic) bond motifs is 1. The fourth-order valence-corrected chi connectivity index (χ4v) is 2.66. The van der Waals surface area contributed by atoms with E-state index in [1.807, 2.05) is 19.9 Å². The zero-order valence-corrected chi connectivity index (χ0v) is 10.9. The van der Waals surface area contributed by atoms with Gasteiger partial charge in [-0.25, -0.2) is 4.79 Å². The molecular weight excluding hydrogens is 232 g/mol. The fraction of sp³-hybridized carbons (Fsp3) is 0.500. The van der Waals surface area contributed by atoms with Crippen molar-refractivity contribution in [1.82, 2.24) is 0 Å². The molecule has 0 heterocycles. The minimum Gasteiger partial charge on any atom is -0.508 e. The highest BCUT2D eigenvalue weighted by Crippen LogP contribution is 2.46. The molecule has 0 saturated heterocycles. The maximum atomic E-state index is 11.9. The Balaban J connectivity index is 2.32. The maximum absolute atomic E-state index is 11.9. The van der Waals surface area contributed by atoms with Gasteiger partial charge in [-0.1, -0.05) is 6.07 Å². The lowest BCUT2D eigenvalue weighted by molar-refractivity contribution is -0.264. The maximum Gasteiger partial charge on any atom is 0.348 e. The monoisotopic (exact) mass is 250 g/mol. The zero-order chi connectivity index (χ0) is 13.3. The second-order valence-corrected chi connectivity index (χ2v) is 5.23. The van der Waals surface area contributed by atoms with Gasteiger partial charge in [0.2, 0.25) is 0 Å². The molecule has 0 fully saturated rings. The van der Waals surface area contributed by atoms with E-state index < -0.39 is 5.41 Å². The van der Waals surface area contributed by atoms with E-state index in [1.54, 1.807) is 12.1 Å². The molecule has 0 spiro atoms. The number of carbonyl (C=O) groups excluding carboxylic acids is 1. The number of aryl methyl sites for hydroxylation is 1. The van der Waals surface area contributed by atoms with Gasteiger partial charge in [0.1, 0.15) is 5.75 Å². The molecule has 0 aromatic heterocycles. The molecule has 0 amide bonds. The number of hydrogen-bond donors (Lipinski definition) is 1. The first kappa shape index (κ1) is 12.9. The summed E-state index contributed by atoms with van der Waals surface area (Å²) in [5, 5.41) is 9.58. The summed E-state index contributed by atoms with van der Waals surface area (Å²) in [5.74, 6) is -0.106. The van der Waals surface area contributed by atoms with E-state index in [-0.39, 0.29) is 17.6 Å². The highest BCUT2D eigenvalue weighted by atomic mass is 17.2. The molecule has 0 radical (unpaired) electrons. The third-order valence-corrected chi connectivity index (χ3v) is 3.76. The van der Waals surface area contributed by atoms with Crippen molar-refractivity contribution in [1.29, 1.82) is 0 Å². The van der Waals surface area contributed by atoms with Gasteiger partial charge in [0.05, 0.1) is 12.5 Å². The highest BCUT2D eigenvalue weighted by Gasteiger charge is 2.43.